The topological polar surface area (TPSA) is 52.6 Å². The molecule has 4 heteroatoms. The highest BCUT2D eigenvalue weighted by atomic mass is 16.5. The first-order chi connectivity index (χ1) is 6.06. The van der Waals surface area contributed by atoms with Gasteiger partial charge in [-0.1, -0.05) is 0 Å². The van der Waals surface area contributed by atoms with Crippen molar-refractivity contribution in [3.63, 3.8) is 0 Å². The van der Waals surface area contributed by atoms with E-state index in [1.807, 2.05) is 0 Å². The fourth-order valence-electron chi connectivity index (χ4n) is 1.37. The summed E-state index contributed by atoms with van der Waals surface area (Å²) in [6.07, 6.45) is 0.540. The minimum absolute atomic E-state index is 0.301. The van der Waals surface area contributed by atoms with Gasteiger partial charge in [0.15, 0.2) is 0 Å². The van der Waals surface area contributed by atoms with Gasteiger partial charge in [0.25, 0.3) is 0 Å². The number of rotatable bonds is 3. The van der Waals surface area contributed by atoms with Crippen molar-refractivity contribution in [2.45, 2.75) is 20.3 Å². The average molecular weight is 186 g/mol. The molecule has 0 aliphatic heterocycles. The summed E-state index contributed by atoms with van der Waals surface area (Å²) in [5.74, 6) is -0.933. The highest BCUT2D eigenvalue weighted by molar-refractivity contribution is 5.90. The van der Waals surface area contributed by atoms with Gasteiger partial charge in [-0.25, -0.2) is 0 Å². The number of carbonyl (C=O) groups is 2. The summed E-state index contributed by atoms with van der Waals surface area (Å²) in [7, 11) is 1.33. The molecule has 0 N–H and O–H groups in total. The predicted octanol–water partition coefficient (Wildman–Crippen LogP) is 0.749. The Morgan fingerprint density at radius 1 is 1.54 bits per heavy atom. The molecule has 1 fully saturated rings. The maximum Gasteiger partial charge on any atom is 0.312 e. The monoisotopic (exact) mass is 186 g/mol. The molecular formula is C9H14O4. The highest BCUT2D eigenvalue weighted by Crippen LogP contribution is 2.53. The average Bonchev–Trinajstić information content (AvgIpc) is 2.79. The van der Waals surface area contributed by atoms with Crippen molar-refractivity contribution < 1.29 is 19.1 Å². The quantitative estimate of drug-likeness (QED) is 0.610. The Labute approximate surface area is 77.2 Å². The summed E-state index contributed by atoms with van der Waals surface area (Å²) >= 11 is 0. The van der Waals surface area contributed by atoms with Crippen LogP contribution in [0.1, 0.15) is 20.3 Å². The molecule has 0 heterocycles. The summed E-state index contributed by atoms with van der Waals surface area (Å²) in [4.78, 5) is 22.4. The highest BCUT2D eigenvalue weighted by Gasteiger charge is 2.61. The summed E-state index contributed by atoms with van der Waals surface area (Å²) < 4.78 is 9.40. The number of hydrogen-bond donors (Lipinski definition) is 0. The predicted molar refractivity (Wildman–Crippen MR) is 44.9 cm³/mol. The van der Waals surface area contributed by atoms with E-state index in [1.54, 1.807) is 13.8 Å². The molecule has 1 aliphatic rings. The van der Waals surface area contributed by atoms with Crippen LogP contribution in [0.4, 0.5) is 0 Å². The fourth-order valence-corrected chi connectivity index (χ4v) is 1.37. The first-order valence-electron chi connectivity index (χ1n) is 4.31. The van der Waals surface area contributed by atoms with E-state index in [1.165, 1.54) is 7.11 Å². The van der Waals surface area contributed by atoms with Crippen molar-refractivity contribution in [2.75, 3.05) is 13.7 Å². The normalized spacial score (nSPS) is 30.8. The van der Waals surface area contributed by atoms with Crippen LogP contribution in [0.5, 0.6) is 0 Å². The summed E-state index contributed by atoms with van der Waals surface area (Å²) in [5.41, 5.74) is -0.636. The Morgan fingerprint density at radius 2 is 2.15 bits per heavy atom. The van der Waals surface area contributed by atoms with Crippen molar-refractivity contribution in [1.29, 1.82) is 0 Å². The second-order valence-electron chi connectivity index (χ2n) is 3.42. The third kappa shape index (κ3) is 1.66. The smallest absolute Gasteiger partial charge is 0.312 e. The van der Waals surface area contributed by atoms with Crippen molar-refractivity contribution in [3.8, 4) is 0 Å². The zero-order valence-corrected chi connectivity index (χ0v) is 8.12. The van der Waals surface area contributed by atoms with Gasteiger partial charge >= 0.3 is 11.9 Å². The SMILES string of the molecule is CCOC(=O)C1(C)CC1C(=O)OC. The van der Waals surface area contributed by atoms with E-state index in [0.29, 0.717) is 13.0 Å². The van der Waals surface area contributed by atoms with Crippen molar-refractivity contribution >= 4 is 11.9 Å². The number of methoxy groups -OCH3 is 1. The Hall–Kier alpha value is -1.06. The van der Waals surface area contributed by atoms with Gasteiger partial charge in [0.2, 0.25) is 0 Å². The van der Waals surface area contributed by atoms with Crippen LogP contribution in [0, 0.1) is 11.3 Å². The molecule has 4 nitrogen and oxygen atoms in total. The molecular weight excluding hydrogens is 172 g/mol. The van der Waals surface area contributed by atoms with Crippen LogP contribution in [0.3, 0.4) is 0 Å². The number of carbonyl (C=O) groups excluding carboxylic acids is 2. The molecule has 74 valence electrons. The van der Waals surface area contributed by atoms with Gasteiger partial charge in [-0.15, -0.1) is 0 Å². The van der Waals surface area contributed by atoms with Crippen LogP contribution in [0.25, 0.3) is 0 Å². The standard InChI is InChI=1S/C9H14O4/c1-4-13-8(11)9(2)5-6(9)7(10)12-3/h6H,4-5H2,1-3H3. The van der Waals surface area contributed by atoms with Gasteiger partial charge in [0, 0.05) is 0 Å². The van der Waals surface area contributed by atoms with E-state index in [0.717, 1.165) is 0 Å². The Kier molecular flexibility index (Phi) is 2.59. The van der Waals surface area contributed by atoms with E-state index < -0.39 is 5.41 Å². The third-order valence-electron chi connectivity index (χ3n) is 2.46. The fraction of sp³-hybridized carbons (Fsp3) is 0.778. The number of esters is 2. The molecule has 0 bridgehead atoms. The van der Waals surface area contributed by atoms with Crippen molar-refractivity contribution in [1.82, 2.24) is 0 Å². The van der Waals surface area contributed by atoms with Gasteiger partial charge in [-0.05, 0) is 20.3 Å². The molecule has 0 spiro atoms. The molecule has 1 aliphatic carbocycles. The lowest BCUT2D eigenvalue weighted by atomic mass is 10.1. The molecule has 0 aromatic carbocycles. The third-order valence-corrected chi connectivity index (χ3v) is 2.46. The summed E-state index contributed by atoms with van der Waals surface area (Å²) in [6.45, 7) is 3.83. The van der Waals surface area contributed by atoms with Gasteiger partial charge < -0.3 is 9.47 Å². The second kappa shape index (κ2) is 3.36. The molecule has 13 heavy (non-hydrogen) atoms. The van der Waals surface area contributed by atoms with Crippen LogP contribution >= 0.6 is 0 Å². The molecule has 2 atom stereocenters. The van der Waals surface area contributed by atoms with Crippen LogP contribution < -0.4 is 0 Å². The van der Waals surface area contributed by atoms with Crippen LogP contribution in [0.2, 0.25) is 0 Å². The molecule has 0 aromatic heterocycles. The first-order valence-corrected chi connectivity index (χ1v) is 4.31. The summed E-state index contributed by atoms with van der Waals surface area (Å²) in [6, 6.07) is 0. The molecule has 2 unspecified atom stereocenters. The van der Waals surface area contributed by atoms with E-state index >= 15 is 0 Å². The largest absolute Gasteiger partial charge is 0.469 e. The number of ether oxygens (including phenoxy) is 2. The van der Waals surface area contributed by atoms with Gasteiger partial charge in [-0.2, -0.15) is 0 Å². The van der Waals surface area contributed by atoms with Crippen molar-refractivity contribution in [2.24, 2.45) is 11.3 Å². The zero-order chi connectivity index (χ0) is 10.1. The molecule has 0 aromatic rings. The van der Waals surface area contributed by atoms with E-state index in [-0.39, 0.29) is 17.9 Å². The molecule has 1 saturated carbocycles. The molecule has 0 amide bonds. The second-order valence-corrected chi connectivity index (χ2v) is 3.42. The van der Waals surface area contributed by atoms with Crippen LogP contribution in [-0.4, -0.2) is 25.7 Å². The van der Waals surface area contributed by atoms with Crippen molar-refractivity contribution in [3.05, 3.63) is 0 Å². The maximum atomic E-state index is 11.3. The lowest BCUT2D eigenvalue weighted by Gasteiger charge is -2.08. The van der Waals surface area contributed by atoms with Gasteiger partial charge in [-0.3, -0.25) is 9.59 Å². The Balaban J connectivity index is 2.54. The zero-order valence-electron chi connectivity index (χ0n) is 8.12. The van der Waals surface area contributed by atoms with Crippen LogP contribution in [-0.2, 0) is 19.1 Å². The Morgan fingerprint density at radius 3 is 2.62 bits per heavy atom. The van der Waals surface area contributed by atoms with E-state index in [9.17, 15) is 9.59 Å². The lowest BCUT2D eigenvalue weighted by molar-refractivity contribution is -0.153. The first kappa shape index (κ1) is 10.0. The van der Waals surface area contributed by atoms with E-state index in [4.69, 9.17) is 4.74 Å². The minimum Gasteiger partial charge on any atom is -0.469 e. The molecule has 0 radical (unpaired) electrons. The minimum atomic E-state index is -0.636. The van der Waals surface area contributed by atoms with Gasteiger partial charge in [0.05, 0.1) is 25.0 Å². The number of hydrogen-bond acceptors (Lipinski definition) is 4. The van der Waals surface area contributed by atoms with Crippen LogP contribution in [0.15, 0.2) is 0 Å². The molecule has 1 rings (SSSR count). The summed E-state index contributed by atoms with van der Waals surface area (Å²) in [5, 5.41) is 0. The lowest BCUT2D eigenvalue weighted by Crippen LogP contribution is -2.21. The van der Waals surface area contributed by atoms with Gasteiger partial charge in [0.1, 0.15) is 0 Å². The maximum absolute atomic E-state index is 11.3. The Bertz CT molecular complexity index is 236. The van der Waals surface area contributed by atoms with E-state index in [2.05, 4.69) is 4.74 Å². The molecule has 0 saturated heterocycles.